The summed E-state index contributed by atoms with van der Waals surface area (Å²) < 4.78 is 5.19. The van der Waals surface area contributed by atoms with Crippen LogP contribution in [0.3, 0.4) is 0 Å². The molecule has 0 radical (unpaired) electrons. The average molecular weight is 277 g/mol. The molecule has 1 aromatic carbocycles. The van der Waals surface area contributed by atoms with Crippen molar-refractivity contribution in [1.82, 2.24) is 4.90 Å². The Morgan fingerprint density at radius 2 is 2.00 bits per heavy atom. The van der Waals surface area contributed by atoms with Gasteiger partial charge in [0.05, 0.1) is 12.7 Å². The maximum Gasteiger partial charge on any atom is 0.326 e. The third kappa shape index (κ3) is 2.92. The van der Waals surface area contributed by atoms with E-state index in [4.69, 9.17) is 4.74 Å². The third-order valence-corrected chi connectivity index (χ3v) is 3.64. The summed E-state index contributed by atoms with van der Waals surface area (Å²) in [5.41, 5.74) is 0.420. The van der Waals surface area contributed by atoms with Crippen LogP contribution in [0.4, 0.5) is 0 Å². The fourth-order valence-corrected chi connectivity index (χ4v) is 2.58. The molecular weight excluding hydrogens is 258 g/mol. The Hall–Kier alpha value is -2.04. The van der Waals surface area contributed by atoms with Gasteiger partial charge in [0.25, 0.3) is 5.91 Å². The zero-order valence-corrected chi connectivity index (χ0v) is 11.5. The summed E-state index contributed by atoms with van der Waals surface area (Å²) in [6.45, 7) is 0.480. The number of hydrogen-bond donors (Lipinski definition) is 1. The molecule has 1 N–H and O–H groups in total. The quantitative estimate of drug-likeness (QED) is 0.919. The van der Waals surface area contributed by atoms with E-state index in [0.717, 1.165) is 19.3 Å². The molecule has 5 heteroatoms. The number of methoxy groups -OCH3 is 1. The van der Waals surface area contributed by atoms with Crippen LogP contribution in [-0.2, 0) is 4.79 Å². The summed E-state index contributed by atoms with van der Waals surface area (Å²) in [5.74, 6) is -0.724. The largest absolute Gasteiger partial charge is 0.496 e. The summed E-state index contributed by atoms with van der Waals surface area (Å²) in [7, 11) is 1.50. The van der Waals surface area contributed by atoms with Crippen molar-refractivity contribution in [1.29, 1.82) is 0 Å². The van der Waals surface area contributed by atoms with Crippen LogP contribution < -0.4 is 4.74 Å². The standard InChI is InChI=1S/C15H19NO4/c1-20-13-9-5-4-7-11(13)14(17)16-10-6-2-3-8-12(16)15(18)19/h4-5,7,9,12H,2-3,6,8,10H2,1H3,(H,18,19). The number of carboxylic acid groups (broad SMARTS) is 1. The Labute approximate surface area is 118 Å². The molecule has 1 saturated heterocycles. The highest BCUT2D eigenvalue weighted by atomic mass is 16.5. The number of rotatable bonds is 3. The molecule has 1 amide bonds. The van der Waals surface area contributed by atoms with E-state index in [9.17, 15) is 14.7 Å². The maximum absolute atomic E-state index is 12.6. The molecule has 108 valence electrons. The van der Waals surface area contributed by atoms with Gasteiger partial charge >= 0.3 is 5.97 Å². The number of para-hydroxylation sites is 1. The van der Waals surface area contributed by atoms with E-state index < -0.39 is 12.0 Å². The van der Waals surface area contributed by atoms with E-state index in [-0.39, 0.29) is 5.91 Å². The van der Waals surface area contributed by atoms with Gasteiger partial charge in [-0.05, 0) is 25.0 Å². The summed E-state index contributed by atoms with van der Waals surface area (Å²) in [6, 6.07) is 6.18. The Balaban J connectivity index is 2.31. The molecule has 0 aromatic heterocycles. The van der Waals surface area contributed by atoms with Crippen LogP contribution in [0.15, 0.2) is 24.3 Å². The zero-order valence-electron chi connectivity index (χ0n) is 11.5. The Kier molecular flexibility index (Phi) is 4.61. The van der Waals surface area contributed by atoms with Gasteiger partial charge < -0.3 is 14.7 Å². The molecule has 5 nitrogen and oxygen atoms in total. The van der Waals surface area contributed by atoms with Crippen LogP contribution >= 0.6 is 0 Å². The highest BCUT2D eigenvalue weighted by Gasteiger charge is 2.32. The molecule has 1 aliphatic heterocycles. The van der Waals surface area contributed by atoms with Gasteiger partial charge in [-0.25, -0.2) is 4.79 Å². The minimum Gasteiger partial charge on any atom is -0.496 e. The normalized spacial score (nSPS) is 19.2. The molecule has 0 spiro atoms. The molecular formula is C15H19NO4. The fourth-order valence-electron chi connectivity index (χ4n) is 2.58. The Bertz CT molecular complexity index is 500. The summed E-state index contributed by atoms with van der Waals surface area (Å²) in [6.07, 6.45) is 3.15. The molecule has 2 rings (SSSR count). The van der Waals surface area contributed by atoms with Gasteiger partial charge in [-0.2, -0.15) is 0 Å². The van der Waals surface area contributed by atoms with Crippen molar-refractivity contribution < 1.29 is 19.4 Å². The molecule has 1 atom stereocenters. The van der Waals surface area contributed by atoms with Crippen LogP contribution in [0.2, 0.25) is 0 Å². The fraction of sp³-hybridized carbons (Fsp3) is 0.467. The minimum absolute atomic E-state index is 0.267. The summed E-state index contributed by atoms with van der Waals surface area (Å²) >= 11 is 0. The zero-order chi connectivity index (χ0) is 14.5. The molecule has 1 fully saturated rings. The lowest BCUT2D eigenvalue weighted by molar-refractivity contribution is -0.142. The van der Waals surface area contributed by atoms with Gasteiger partial charge in [-0.3, -0.25) is 4.79 Å². The second-order valence-corrected chi connectivity index (χ2v) is 4.90. The third-order valence-electron chi connectivity index (χ3n) is 3.64. The number of amides is 1. The number of carbonyl (C=O) groups excluding carboxylic acids is 1. The van der Waals surface area contributed by atoms with Gasteiger partial charge in [0, 0.05) is 6.54 Å². The number of hydrogen-bond acceptors (Lipinski definition) is 3. The molecule has 1 heterocycles. The van der Waals surface area contributed by atoms with E-state index in [1.165, 1.54) is 12.0 Å². The van der Waals surface area contributed by atoms with E-state index in [1.807, 2.05) is 0 Å². The maximum atomic E-state index is 12.6. The number of carboxylic acids is 1. The lowest BCUT2D eigenvalue weighted by Gasteiger charge is -2.27. The van der Waals surface area contributed by atoms with Crippen molar-refractivity contribution in [2.75, 3.05) is 13.7 Å². The monoisotopic (exact) mass is 277 g/mol. The van der Waals surface area contributed by atoms with Crippen molar-refractivity contribution in [3.63, 3.8) is 0 Å². The Morgan fingerprint density at radius 3 is 2.70 bits per heavy atom. The minimum atomic E-state index is -0.935. The van der Waals surface area contributed by atoms with Crippen molar-refractivity contribution in [3.8, 4) is 5.75 Å². The van der Waals surface area contributed by atoms with Gasteiger partial charge in [-0.15, -0.1) is 0 Å². The van der Waals surface area contributed by atoms with Crippen LogP contribution in [0.1, 0.15) is 36.0 Å². The topological polar surface area (TPSA) is 66.8 Å². The Morgan fingerprint density at radius 1 is 1.25 bits per heavy atom. The molecule has 0 bridgehead atoms. The van der Waals surface area contributed by atoms with Crippen LogP contribution in [0.25, 0.3) is 0 Å². The number of nitrogens with zero attached hydrogens (tertiary/aromatic N) is 1. The van der Waals surface area contributed by atoms with Crippen molar-refractivity contribution in [2.45, 2.75) is 31.7 Å². The first-order chi connectivity index (χ1) is 9.65. The van der Waals surface area contributed by atoms with Gasteiger partial charge in [-0.1, -0.05) is 25.0 Å². The number of carbonyl (C=O) groups is 2. The van der Waals surface area contributed by atoms with E-state index >= 15 is 0 Å². The van der Waals surface area contributed by atoms with Gasteiger partial charge in [0.15, 0.2) is 0 Å². The molecule has 1 aliphatic rings. The first-order valence-corrected chi connectivity index (χ1v) is 6.82. The lowest BCUT2D eigenvalue weighted by atomic mass is 10.1. The van der Waals surface area contributed by atoms with Crippen LogP contribution in [-0.4, -0.2) is 41.6 Å². The first kappa shape index (κ1) is 14.4. The van der Waals surface area contributed by atoms with E-state index in [2.05, 4.69) is 0 Å². The predicted molar refractivity (Wildman–Crippen MR) is 73.9 cm³/mol. The van der Waals surface area contributed by atoms with Crippen molar-refractivity contribution in [3.05, 3.63) is 29.8 Å². The van der Waals surface area contributed by atoms with Crippen molar-refractivity contribution >= 4 is 11.9 Å². The highest BCUT2D eigenvalue weighted by molar-refractivity contribution is 5.99. The highest BCUT2D eigenvalue weighted by Crippen LogP contribution is 2.24. The average Bonchev–Trinajstić information content (AvgIpc) is 2.72. The summed E-state index contributed by atoms with van der Waals surface area (Å²) in [5, 5.41) is 9.33. The molecule has 0 saturated carbocycles. The first-order valence-electron chi connectivity index (χ1n) is 6.82. The lowest BCUT2D eigenvalue weighted by Crippen LogP contribution is -2.44. The molecule has 20 heavy (non-hydrogen) atoms. The predicted octanol–water partition coefficient (Wildman–Crippen LogP) is 2.16. The van der Waals surface area contributed by atoms with E-state index in [0.29, 0.717) is 24.3 Å². The SMILES string of the molecule is COc1ccccc1C(=O)N1CCCCCC1C(=O)O. The smallest absolute Gasteiger partial charge is 0.326 e. The number of benzene rings is 1. The van der Waals surface area contributed by atoms with Crippen LogP contribution in [0.5, 0.6) is 5.75 Å². The molecule has 1 aromatic rings. The van der Waals surface area contributed by atoms with Crippen molar-refractivity contribution in [2.24, 2.45) is 0 Å². The second kappa shape index (κ2) is 6.41. The number of aliphatic carboxylic acids is 1. The second-order valence-electron chi connectivity index (χ2n) is 4.90. The number of likely N-dealkylation sites (tertiary alicyclic amines) is 1. The van der Waals surface area contributed by atoms with E-state index in [1.54, 1.807) is 24.3 Å². The van der Waals surface area contributed by atoms with Gasteiger partial charge in [0.2, 0.25) is 0 Å². The molecule has 0 aliphatic carbocycles. The van der Waals surface area contributed by atoms with Gasteiger partial charge in [0.1, 0.15) is 11.8 Å². The number of ether oxygens (including phenoxy) is 1. The molecule has 1 unspecified atom stereocenters. The van der Waals surface area contributed by atoms with Crippen LogP contribution in [0, 0.1) is 0 Å². The summed E-state index contributed by atoms with van der Waals surface area (Å²) in [4.78, 5) is 25.5.